The van der Waals surface area contributed by atoms with E-state index in [9.17, 15) is 0 Å². The van der Waals surface area contributed by atoms with Crippen molar-refractivity contribution in [1.29, 1.82) is 0 Å². The maximum absolute atomic E-state index is 6.13. The van der Waals surface area contributed by atoms with Crippen molar-refractivity contribution in [3.8, 4) is 0 Å². The lowest BCUT2D eigenvalue weighted by Crippen LogP contribution is -2.20. The topological polar surface area (TPSA) is 29.3 Å². The number of para-hydroxylation sites is 1. The minimum absolute atomic E-state index is 0.902. The van der Waals surface area contributed by atoms with Crippen LogP contribution in [0.25, 0.3) is 0 Å². The van der Waals surface area contributed by atoms with E-state index >= 15 is 0 Å². The first kappa shape index (κ1) is 12.1. The highest BCUT2D eigenvalue weighted by molar-refractivity contribution is 5.74. The number of rotatable bonds is 2. The number of hydrogen-bond acceptors (Lipinski definition) is 2. The van der Waals surface area contributed by atoms with Gasteiger partial charge in [-0.25, -0.2) is 0 Å². The molecule has 0 aromatic heterocycles. The van der Waals surface area contributed by atoms with E-state index < -0.39 is 0 Å². The fraction of sp³-hybridized carbons (Fsp3) is 0.294. The van der Waals surface area contributed by atoms with Crippen molar-refractivity contribution in [2.24, 2.45) is 0 Å². The van der Waals surface area contributed by atoms with Gasteiger partial charge in [0.2, 0.25) is 0 Å². The van der Waals surface area contributed by atoms with Crippen LogP contribution in [-0.2, 0) is 13.0 Å². The van der Waals surface area contributed by atoms with Crippen LogP contribution in [0.15, 0.2) is 36.4 Å². The van der Waals surface area contributed by atoms with Gasteiger partial charge in [-0.2, -0.15) is 0 Å². The first-order valence-corrected chi connectivity index (χ1v) is 6.83. The second kappa shape index (κ2) is 4.61. The summed E-state index contributed by atoms with van der Waals surface area (Å²) in [6.45, 7) is 6.33. The molecule has 2 heteroatoms. The predicted octanol–water partition coefficient (Wildman–Crippen LogP) is 3.45. The van der Waals surface area contributed by atoms with Crippen LogP contribution in [0, 0.1) is 13.8 Å². The van der Waals surface area contributed by atoms with Crippen molar-refractivity contribution in [3.63, 3.8) is 0 Å². The van der Waals surface area contributed by atoms with Gasteiger partial charge in [-0.15, -0.1) is 0 Å². The Labute approximate surface area is 114 Å². The van der Waals surface area contributed by atoms with E-state index in [0.29, 0.717) is 0 Å². The summed E-state index contributed by atoms with van der Waals surface area (Å²) in [6, 6.07) is 13.0. The van der Waals surface area contributed by atoms with Crippen LogP contribution in [0.3, 0.4) is 0 Å². The molecule has 2 N–H and O–H groups in total. The van der Waals surface area contributed by atoms with Crippen molar-refractivity contribution in [3.05, 3.63) is 58.7 Å². The fourth-order valence-corrected chi connectivity index (χ4v) is 3.10. The average Bonchev–Trinajstić information content (AvgIpc) is 2.72. The lowest BCUT2D eigenvalue weighted by molar-refractivity contribution is 0.835. The molecule has 0 unspecified atom stereocenters. The Morgan fingerprint density at radius 2 is 1.84 bits per heavy atom. The first-order chi connectivity index (χ1) is 9.13. The summed E-state index contributed by atoms with van der Waals surface area (Å²) in [5.41, 5.74) is 13.7. The molecule has 0 saturated heterocycles. The van der Waals surface area contributed by atoms with E-state index in [1.165, 1.54) is 27.9 Å². The molecule has 0 atom stereocenters. The molecule has 0 aliphatic carbocycles. The normalized spacial score (nSPS) is 13.7. The molecular weight excluding hydrogens is 232 g/mol. The molecule has 0 spiro atoms. The van der Waals surface area contributed by atoms with Gasteiger partial charge in [-0.3, -0.25) is 0 Å². The van der Waals surface area contributed by atoms with Gasteiger partial charge < -0.3 is 10.6 Å². The van der Waals surface area contributed by atoms with Crippen molar-refractivity contribution in [1.82, 2.24) is 0 Å². The number of aryl methyl sites for hydroxylation is 2. The molecule has 2 aromatic carbocycles. The molecule has 2 nitrogen and oxygen atoms in total. The Kier molecular flexibility index (Phi) is 2.94. The van der Waals surface area contributed by atoms with E-state index in [4.69, 9.17) is 5.73 Å². The van der Waals surface area contributed by atoms with E-state index in [-0.39, 0.29) is 0 Å². The second-order valence-electron chi connectivity index (χ2n) is 5.52. The summed E-state index contributed by atoms with van der Waals surface area (Å²) < 4.78 is 0. The molecule has 19 heavy (non-hydrogen) atoms. The summed E-state index contributed by atoms with van der Waals surface area (Å²) in [5, 5.41) is 0. The fourth-order valence-electron chi connectivity index (χ4n) is 3.10. The molecule has 1 aliphatic heterocycles. The molecule has 0 fully saturated rings. The third kappa shape index (κ3) is 2.30. The van der Waals surface area contributed by atoms with E-state index in [1.54, 1.807) is 0 Å². The van der Waals surface area contributed by atoms with Crippen LogP contribution >= 0.6 is 0 Å². The third-order valence-corrected chi connectivity index (χ3v) is 3.77. The summed E-state index contributed by atoms with van der Waals surface area (Å²) >= 11 is 0. The number of nitrogens with zero attached hydrogens (tertiary/aromatic N) is 1. The highest BCUT2D eigenvalue weighted by Crippen LogP contribution is 2.34. The summed E-state index contributed by atoms with van der Waals surface area (Å²) in [6.07, 6.45) is 1.10. The standard InChI is InChI=1S/C17H20N2/c1-12-8-13(2)10-14(9-12)11-19-7-6-15-4-3-5-16(18)17(15)19/h3-5,8-10H,6-7,11,18H2,1-2H3. The Bertz CT molecular complexity index is 596. The minimum Gasteiger partial charge on any atom is -0.397 e. The number of fused-ring (bicyclic) bond motifs is 1. The SMILES string of the molecule is Cc1cc(C)cc(CN2CCc3cccc(N)c32)c1. The van der Waals surface area contributed by atoms with Crippen molar-refractivity contribution in [2.45, 2.75) is 26.8 Å². The quantitative estimate of drug-likeness (QED) is 0.829. The molecular formula is C17H20N2. The second-order valence-corrected chi connectivity index (χ2v) is 5.52. The molecule has 3 rings (SSSR count). The predicted molar refractivity (Wildman–Crippen MR) is 81.5 cm³/mol. The lowest BCUT2D eigenvalue weighted by Gasteiger charge is -2.21. The molecule has 0 radical (unpaired) electrons. The largest absolute Gasteiger partial charge is 0.397 e. The van der Waals surface area contributed by atoms with Gasteiger partial charge in [0.05, 0.1) is 11.4 Å². The Hall–Kier alpha value is -1.96. The Morgan fingerprint density at radius 1 is 1.11 bits per heavy atom. The van der Waals surface area contributed by atoms with Gasteiger partial charge in [0.1, 0.15) is 0 Å². The lowest BCUT2D eigenvalue weighted by atomic mass is 10.1. The highest BCUT2D eigenvalue weighted by atomic mass is 15.2. The zero-order valence-electron chi connectivity index (χ0n) is 11.6. The van der Waals surface area contributed by atoms with Crippen molar-refractivity contribution >= 4 is 11.4 Å². The monoisotopic (exact) mass is 252 g/mol. The van der Waals surface area contributed by atoms with Gasteiger partial charge in [0, 0.05) is 13.1 Å². The Balaban J connectivity index is 1.90. The van der Waals surface area contributed by atoms with Crippen LogP contribution in [0.5, 0.6) is 0 Å². The molecule has 1 heterocycles. The number of nitrogens with two attached hydrogens (primary N) is 1. The number of benzene rings is 2. The number of hydrogen-bond donors (Lipinski definition) is 1. The van der Waals surface area contributed by atoms with Crippen LogP contribution in [-0.4, -0.2) is 6.54 Å². The van der Waals surface area contributed by atoms with Crippen LogP contribution < -0.4 is 10.6 Å². The van der Waals surface area contributed by atoms with Crippen LogP contribution in [0.2, 0.25) is 0 Å². The van der Waals surface area contributed by atoms with E-state index in [2.05, 4.69) is 49.1 Å². The number of nitrogen functional groups attached to an aromatic ring is 1. The first-order valence-electron chi connectivity index (χ1n) is 6.83. The Morgan fingerprint density at radius 3 is 2.58 bits per heavy atom. The van der Waals surface area contributed by atoms with E-state index in [0.717, 1.165) is 25.2 Å². The van der Waals surface area contributed by atoms with Crippen molar-refractivity contribution in [2.75, 3.05) is 17.2 Å². The van der Waals surface area contributed by atoms with Gasteiger partial charge in [-0.05, 0) is 37.5 Å². The molecule has 2 aromatic rings. The highest BCUT2D eigenvalue weighted by Gasteiger charge is 2.21. The molecule has 98 valence electrons. The maximum Gasteiger partial charge on any atom is 0.0636 e. The minimum atomic E-state index is 0.902. The number of anilines is 2. The molecule has 1 aliphatic rings. The third-order valence-electron chi connectivity index (χ3n) is 3.77. The van der Waals surface area contributed by atoms with Crippen LogP contribution in [0.1, 0.15) is 22.3 Å². The molecule has 0 amide bonds. The summed E-state index contributed by atoms with van der Waals surface area (Å²) in [5.74, 6) is 0. The van der Waals surface area contributed by atoms with E-state index in [1.807, 2.05) is 6.07 Å². The summed E-state index contributed by atoms with van der Waals surface area (Å²) in [7, 11) is 0. The zero-order valence-corrected chi connectivity index (χ0v) is 11.6. The molecule has 0 saturated carbocycles. The maximum atomic E-state index is 6.13. The molecule has 0 bridgehead atoms. The van der Waals surface area contributed by atoms with Gasteiger partial charge >= 0.3 is 0 Å². The van der Waals surface area contributed by atoms with Crippen molar-refractivity contribution < 1.29 is 0 Å². The zero-order chi connectivity index (χ0) is 13.4. The smallest absolute Gasteiger partial charge is 0.0636 e. The van der Waals surface area contributed by atoms with Gasteiger partial charge in [0.25, 0.3) is 0 Å². The summed E-state index contributed by atoms with van der Waals surface area (Å²) in [4.78, 5) is 2.40. The van der Waals surface area contributed by atoms with Gasteiger partial charge in [-0.1, -0.05) is 41.5 Å². The van der Waals surface area contributed by atoms with Gasteiger partial charge in [0.15, 0.2) is 0 Å². The van der Waals surface area contributed by atoms with Crippen LogP contribution in [0.4, 0.5) is 11.4 Å². The average molecular weight is 252 g/mol.